The topological polar surface area (TPSA) is 26.7 Å². The summed E-state index contributed by atoms with van der Waals surface area (Å²) in [6.45, 7) is 3.06. The molecule has 2 aliphatic heterocycles. The lowest BCUT2D eigenvalue weighted by Gasteiger charge is -2.41. The van der Waals surface area contributed by atoms with Crippen molar-refractivity contribution in [2.45, 2.75) is 12.1 Å². The van der Waals surface area contributed by atoms with Gasteiger partial charge in [-0.05, 0) is 24.2 Å². The van der Waals surface area contributed by atoms with Crippen LogP contribution in [0.4, 0.5) is 5.69 Å². The Hall–Kier alpha value is -1.84. The summed E-state index contributed by atoms with van der Waals surface area (Å²) in [5.41, 5.74) is 4.51. The standard InChI is InChI=1S/C18H20N2O/c1-19-10-11-20-16-9-5-4-8-15(16)18(21)14-7-3-2-6-13(14)17(20)12-19/h2-9,17-18,21H,10-12H2,1H3/t17-,18-/m1/s1. The minimum atomic E-state index is -0.534. The highest BCUT2D eigenvalue weighted by atomic mass is 16.3. The summed E-state index contributed by atoms with van der Waals surface area (Å²) in [5, 5.41) is 10.9. The Morgan fingerprint density at radius 1 is 0.905 bits per heavy atom. The summed E-state index contributed by atoms with van der Waals surface area (Å²) in [6, 6.07) is 16.9. The third-order valence-electron chi connectivity index (χ3n) is 4.77. The van der Waals surface area contributed by atoms with Crippen molar-refractivity contribution in [3.05, 3.63) is 65.2 Å². The van der Waals surface area contributed by atoms with E-state index in [-0.39, 0.29) is 0 Å². The van der Waals surface area contributed by atoms with Crippen molar-refractivity contribution in [3.63, 3.8) is 0 Å². The minimum absolute atomic E-state index is 0.318. The van der Waals surface area contributed by atoms with Crippen LogP contribution in [0.5, 0.6) is 0 Å². The second kappa shape index (κ2) is 4.86. The molecule has 0 radical (unpaired) electrons. The Labute approximate surface area is 125 Å². The zero-order valence-corrected chi connectivity index (χ0v) is 12.2. The zero-order chi connectivity index (χ0) is 14.4. The second-order valence-electron chi connectivity index (χ2n) is 6.06. The van der Waals surface area contributed by atoms with Crippen molar-refractivity contribution in [2.24, 2.45) is 0 Å². The number of aliphatic hydroxyl groups is 1. The summed E-state index contributed by atoms with van der Waals surface area (Å²) in [7, 11) is 2.17. The summed E-state index contributed by atoms with van der Waals surface area (Å²) >= 11 is 0. The van der Waals surface area contributed by atoms with Crippen LogP contribution >= 0.6 is 0 Å². The Balaban J connectivity index is 1.95. The molecule has 0 saturated carbocycles. The number of rotatable bonds is 0. The predicted molar refractivity (Wildman–Crippen MR) is 84.5 cm³/mol. The Morgan fingerprint density at radius 3 is 2.38 bits per heavy atom. The number of piperazine rings is 1. The molecular formula is C18H20N2O. The smallest absolute Gasteiger partial charge is 0.106 e. The first-order valence-corrected chi connectivity index (χ1v) is 7.56. The van der Waals surface area contributed by atoms with Gasteiger partial charge in [0.25, 0.3) is 0 Å². The number of fused-ring (bicyclic) bond motifs is 5. The summed E-state index contributed by atoms with van der Waals surface area (Å²) in [5.74, 6) is 0. The highest BCUT2D eigenvalue weighted by Crippen LogP contribution is 2.43. The van der Waals surface area contributed by atoms with Crippen LogP contribution in [-0.2, 0) is 0 Å². The van der Waals surface area contributed by atoms with Gasteiger partial charge in [0, 0.05) is 30.9 Å². The van der Waals surface area contributed by atoms with Crippen LogP contribution < -0.4 is 4.90 Å². The summed E-state index contributed by atoms with van der Waals surface area (Å²) < 4.78 is 0. The number of benzene rings is 2. The number of aliphatic hydroxyl groups excluding tert-OH is 1. The van der Waals surface area contributed by atoms with Crippen molar-refractivity contribution in [1.82, 2.24) is 4.90 Å². The SMILES string of the molecule is CN1CCN2c3ccccc3[C@H](O)c3ccccc3[C@H]2C1. The van der Waals surface area contributed by atoms with E-state index in [1.807, 2.05) is 12.1 Å². The van der Waals surface area contributed by atoms with E-state index >= 15 is 0 Å². The minimum Gasteiger partial charge on any atom is -0.384 e. The van der Waals surface area contributed by atoms with Crippen LogP contribution in [0.25, 0.3) is 0 Å². The lowest BCUT2D eigenvalue weighted by Crippen LogP contribution is -2.46. The van der Waals surface area contributed by atoms with Gasteiger partial charge in [0.1, 0.15) is 6.10 Å². The Morgan fingerprint density at radius 2 is 1.57 bits per heavy atom. The lowest BCUT2D eigenvalue weighted by atomic mass is 9.94. The monoisotopic (exact) mass is 280 g/mol. The molecule has 2 atom stereocenters. The molecule has 1 fully saturated rings. The van der Waals surface area contributed by atoms with Crippen LogP contribution in [0.15, 0.2) is 48.5 Å². The summed E-state index contributed by atoms with van der Waals surface area (Å²) in [4.78, 5) is 4.84. The normalized spacial score (nSPS) is 24.8. The van der Waals surface area contributed by atoms with E-state index < -0.39 is 6.10 Å². The van der Waals surface area contributed by atoms with Crippen molar-refractivity contribution in [2.75, 3.05) is 31.6 Å². The fourth-order valence-corrected chi connectivity index (χ4v) is 3.69. The fourth-order valence-electron chi connectivity index (χ4n) is 3.69. The highest BCUT2D eigenvalue weighted by molar-refractivity contribution is 5.62. The van der Waals surface area contributed by atoms with Gasteiger partial charge in [-0.3, -0.25) is 0 Å². The number of hydrogen-bond acceptors (Lipinski definition) is 3. The molecule has 0 bridgehead atoms. The molecule has 2 aromatic carbocycles. The van der Waals surface area contributed by atoms with E-state index in [1.54, 1.807) is 0 Å². The first-order chi connectivity index (χ1) is 10.3. The van der Waals surface area contributed by atoms with E-state index in [2.05, 4.69) is 53.2 Å². The molecule has 108 valence electrons. The van der Waals surface area contributed by atoms with E-state index in [0.29, 0.717) is 6.04 Å². The summed E-state index contributed by atoms with van der Waals surface area (Å²) in [6.07, 6.45) is -0.534. The predicted octanol–water partition coefficient (Wildman–Crippen LogP) is 2.57. The highest BCUT2D eigenvalue weighted by Gasteiger charge is 2.34. The Bertz CT molecular complexity index is 670. The Kier molecular flexibility index (Phi) is 2.98. The lowest BCUT2D eigenvalue weighted by molar-refractivity contribution is 0.220. The van der Waals surface area contributed by atoms with Crippen LogP contribution in [0.2, 0.25) is 0 Å². The average Bonchev–Trinajstić information content (AvgIpc) is 2.63. The fraction of sp³-hybridized carbons (Fsp3) is 0.333. The number of para-hydroxylation sites is 1. The van der Waals surface area contributed by atoms with Gasteiger partial charge in [0.05, 0.1) is 6.04 Å². The quantitative estimate of drug-likeness (QED) is 0.803. The van der Waals surface area contributed by atoms with E-state index in [4.69, 9.17) is 0 Å². The molecule has 0 aliphatic carbocycles. The van der Waals surface area contributed by atoms with E-state index in [9.17, 15) is 5.11 Å². The molecule has 0 spiro atoms. The molecule has 21 heavy (non-hydrogen) atoms. The molecule has 1 saturated heterocycles. The molecule has 2 heterocycles. The van der Waals surface area contributed by atoms with Gasteiger partial charge in [-0.2, -0.15) is 0 Å². The van der Waals surface area contributed by atoms with Gasteiger partial charge in [-0.15, -0.1) is 0 Å². The maximum atomic E-state index is 10.9. The van der Waals surface area contributed by atoms with Gasteiger partial charge < -0.3 is 14.9 Å². The van der Waals surface area contributed by atoms with Crippen LogP contribution in [0.1, 0.15) is 28.8 Å². The molecule has 2 aromatic rings. The van der Waals surface area contributed by atoms with Crippen molar-refractivity contribution in [3.8, 4) is 0 Å². The molecular weight excluding hydrogens is 260 g/mol. The number of likely N-dealkylation sites (N-methyl/N-ethyl adjacent to an activating group) is 1. The molecule has 0 aromatic heterocycles. The number of anilines is 1. The van der Waals surface area contributed by atoms with Crippen molar-refractivity contribution < 1.29 is 5.11 Å². The average molecular weight is 280 g/mol. The molecule has 3 nitrogen and oxygen atoms in total. The molecule has 1 N–H and O–H groups in total. The third kappa shape index (κ3) is 1.96. The van der Waals surface area contributed by atoms with Crippen LogP contribution in [0, 0.1) is 0 Å². The van der Waals surface area contributed by atoms with Gasteiger partial charge in [-0.25, -0.2) is 0 Å². The number of hydrogen-bond donors (Lipinski definition) is 1. The van der Waals surface area contributed by atoms with Gasteiger partial charge in [0.2, 0.25) is 0 Å². The van der Waals surface area contributed by atoms with Crippen LogP contribution in [0.3, 0.4) is 0 Å². The molecule has 3 heteroatoms. The first kappa shape index (κ1) is 12.9. The molecule has 2 aliphatic rings. The van der Waals surface area contributed by atoms with Gasteiger partial charge in [0.15, 0.2) is 0 Å². The molecule has 4 rings (SSSR count). The number of nitrogens with zero attached hydrogens (tertiary/aromatic N) is 2. The first-order valence-electron chi connectivity index (χ1n) is 7.56. The second-order valence-corrected chi connectivity index (χ2v) is 6.06. The van der Waals surface area contributed by atoms with Crippen molar-refractivity contribution >= 4 is 5.69 Å². The van der Waals surface area contributed by atoms with Crippen LogP contribution in [-0.4, -0.2) is 36.7 Å². The maximum absolute atomic E-state index is 10.9. The largest absolute Gasteiger partial charge is 0.384 e. The van der Waals surface area contributed by atoms with Crippen molar-refractivity contribution in [1.29, 1.82) is 0 Å². The maximum Gasteiger partial charge on any atom is 0.106 e. The van der Waals surface area contributed by atoms with E-state index in [0.717, 1.165) is 30.8 Å². The molecule has 0 unspecified atom stereocenters. The van der Waals surface area contributed by atoms with E-state index in [1.165, 1.54) is 11.3 Å². The molecule has 0 amide bonds. The van der Waals surface area contributed by atoms with Gasteiger partial charge in [-0.1, -0.05) is 42.5 Å². The van der Waals surface area contributed by atoms with Gasteiger partial charge >= 0.3 is 0 Å². The third-order valence-corrected chi connectivity index (χ3v) is 4.77. The zero-order valence-electron chi connectivity index (χ0n) is 12.2.